The van der Waals surface area contributed by atoms with E-state index in [9.17, 15) is 13.2 Å². The van der Waals surface area contributed by atoms with Crippen LogP contribution < -0.4 is 4.74 Å². The molecular weight excluding hydrogens is 232 g/mol. The second kappa shape index (κ2) is 5.09. The lowest BCUT2D eigenvalue weighted by atomic mass is 10.3. The summed E-state index contributed by atoms with van der Waals surface area (Å²) < 4.78 is 35.2. The van der Waals surface area contributed by atoms with Crippen molar-refractivity contribution in [2.24, 2.45) is 0 Å². The van der Waals surface area contributed by atoms with E-state index in [4.69, 9.17) is 9.29 Å². The Balaban J connectivity index is 2.88. The van der Waals surface area contributed by atoms with Crippen LogP contribution >= 0.6 is 0 Å². The Morgan fingerprint density at radius 2 is 2.12 bits per heavy atom. The van der Waals surface area contributed by atoms with Crippen LogP contribution in [0.3, 0.4) is 0 Å². The van der Waals surface area contributed by atoms with Crippen molar-refractivity contribution in [1.29, 1.82) is 0 Å². The second-order valence-corrected chi connectivity index (χ2v) is 4.45. The summed E-state index contributed by atoms with van der Waals surface area (Å²) in [6, 6.07) is 5.08. The molecule has 0 saturated carbocycles. The molecule has 16 heavy (non-hydrogen) atoms. The molecule has 0 heterocycles. The first-order valence-corrected chi connectivity index (χ1v) is 5.95. The molecule has 6 heteroatoms. The molecule has 0 aliphatic carbocycles. The van der Waals surface area contributed by atoms with Gasteiger partial charge in [-0.2, -0.15) is 8.42 Å². The Bertz CT molecular complexity index is 478. The van der Waals surface area contributed by atoms with Gasteiger partial charge in [0.25, 0.3) is 10.1 Å². The molecule has 0 saturated heterocycles. The molecule has 0 aliphatic heterocycles. The number of rotatable bonds is 4. The number of ether oxygens (including phenoxy) is 1. The molecule has 1 aromatic rings. The maximum Gasteiger partial charge on any atom is 0.311 e. The Kier molecular flexibility index (Phi) is 4.03. The SMILES string of the molecule is [CH2]CCC(=O)Oc1cccc(S(=O)(=O)O)c1. The van der Waals surface area contributed by atoms with E-state index in [1.54, 1.807) is 0 Å². The average Bonchev–Trinajstić information content (AvgIpc) is 2.17. The van der Waals surface area contributed by atoms with Crippen LogP contribution in [0.1, 0.15) is 12.8 Å². The van der Waals surface area contributed by atoms with Crippen LogP contribution in [0.5, 0.6) is 5.75 Å². The van der Waals surface area contributed by atoms with Gasteiger partial charge >= 0.3 is 5.97 Å². The van der Waals surface area contributed by atoms with Crippen molar-refractivity contribution in [3.05, 3.63) is 31.2 Å². The van der Waals surface area contributed by atoms with E-state index in [0.29, 0.717) is 6.42 Å². The smallest absolute Gasteiger partial charge is 0.311 e. The number of hydrogen-bond donors (Lipinski definition) is 1. The predicted molar refractivity (Wildman–Crippen MR) is 56.5 cm³/mol. The lowest BCUT2D eigenvalue weighted by Crippen LogP contribution is -2.07. The van der Waals surface area contributed by atoms with Crippen molar-refractivity contribution in [2.75, 3.05) is 0 Å². The van der Waals surface area contributed by atoms with E-state index in [1.807, 2.05) is 0 Å². The molecule has 0 amide bonds. The van der Waals surface area contributed by atoms with E-state index in [0.717, 1.165) is 6.07 Å². The quantitative estimate of drug-likeness (QED) is 0.492. The highest BCUT2D eigenvalue weighted by Gasteiger charge is 2.11. The van der Waals surface area contributed by atoms with Crippen LogP contribution in [0.4, 0.5) is 0 Å². The topological polar surface area (TPSA) is 80.7 Å². The van der Waals surface area contributed by atoms with Gasteiger partial charge in [0.1, 0.15) is 5.75 Å². The lowest BCUT2D eigenvalue weighted by Gasteiger charge is -2.04. The summed E-state index contributed by atoms with van der Waals surface area (Å²) in [6.07, 6.45) is 0.549. The molecule has 0 spiro atoms. The van der Waals surface area contributed by atoms with Crippen molar-refractivity contribution < 1.29 is 22.5 Å². The third kappa shape index (κ3) is 3.63. The molecule has 0 aliphatic rings. The molecule has 0 unspecified atom stereocenters. The molecule has 0 atom stereocenters. The summed E-state index contributed by atoms with van der Waals surface area (Å²) in [7, 11) is -4.28. The number of hydrogen-bond acceptors (Lipinski definition) is 4. The number of benzene rings is 1. The van der Waals surface area contributed by atoms with Crippen LogP contribution in [0.25, 0.3) is 0 Å². The summed E-state index contributed by atoms with van der Waals surface area (Å²) in [5.41, 5.74) is 0. The van der Waals surface area contributed by atoms with Gasteiger partial charge in [0, 0.05) is 12.5 Å². The van der Waals surface area contributed by atoms with Crippen molar-refractivity contribution in [3.63, 3.8) is 0 Å². The van der Waals surface area contributed by atoms with E-state index in [1.165, 1.54) is 18.2 Å². The molecule has 1 radical (unpaired) electrons. The van der Waals surface area contributed by atoms with Crippen LogP contribution in [-0.4, -0.2) is 18.9 Å². The van der Waals surface area contributed by atoms with Crippen molar-refractivity contribution in [1.82, 2.24) is 0 Å². The Hall–Kier alpha value is -1.40. The first kappa shape index (κ1) is 12.7. The fourth-order valence-corrected chi connectivity index (χ4v) is 1.54. The van der Waals surface area contributed by atoms with E-state index >= 15 is 0 Å². The van der Waals surface area contributed by atoms with Gasteiger partial charge in [-0.25, -0.2) is 0 Å². The van der Waals surface area contributed by atoms with Crippen LogP contribution in [0.2, 0.25) is 0 Å². The van der Waals surface area contributed by atoms with Gasteiger partial charge in [-0.05, 0) is 18.6 Å². The van der Waals surface area contributed by atoms with E-state index in [2.05, 4.69) is 6.92 Å². The fourth-order valence-electron chi connectivity index (χ4n) is 1.02. The normalized spacial score (nSPS) is 11.1. The van der Waals surface area contributed by atoms with Gasteiger partial charge in [0.15, 0.2) is 0 Å². The molecule has 0 bridgehead atoms. The van der Waals surface area contributed by atoms with Gasteiger partial charge in [-0.3, -0.25) is 9.35 Å². The zero-order chi connectivity index (χ0) is 12.2. The summed E-state index contributed by atoms with van der Waals surface area (Å²) in [5.74, 6) is -0.420. The highest BCUT2D eigenvalue weighted by Crippen LogP contribution is 2.17. The zero-order valence-electron chi connectivity index (χ0n) is 8.42. The van der Waals surface area contributed by atoms with Gasteiger partial charge in [0.05, 0.1) is 4.90 Å². The van der Waals surface area contributed by atoms with Gasteiger partial charge < -0.3 is 4.74 Å². The molecule has 0 fully saturated rings. The second-order valence-electron chi connectivity index (χ2n) is 3.03. The predicted octanol–water partition coefficient (Wildman–Crippen LogP) is 1.45. The van der Waals surface area contributed by atoms with Crippen molar-refractivity contribution in [3.8, 4) is 5.75 Å². The highest BCUT2D eigenvalue weighted by atomic mass is 32.2. The largest absolute Gasteiger partial charge is 0.426 e. The number of carbonyl (C=O) groups is 1. The maximum absolute atomic E-state index is 11.1. The lowest BCUT2D eigenvalue weighted by molar-refractivity contribution is -0.134. The molecule has 87 valence electrons. The van der Waals surface area contributed by atoms with Crippen molar-refractivity contribution >= 4 is 16.1 Å². The molecule has 1 N–H and O–H groups in total. The fraction of sp³-hybridized carbons (Fsp3) is 0.200. The maximum atomic E-state index is 11.1. The van der Waals surface area contributed by atoms with Crippen LogP contribution in [-0.2, 0) is 14.9 Å². The molecule has 5 nitrogen and oxygen atoms in total. The van der Waals surface area contributed by atoms with Crippen molar-refractivity contribution in [2.45, 2.75) is 17.7 Å². The minimum absolute atomic E-state index is 0.0774. The van der Waals surface area contributed by atoms with Gasteiger partial charge in [-0.15, -0.1) is 0 Å². The summed E-state index contributed by atoms with van der Waals surface area (Å²) >= 11 is 0. The van der Waals surface area contributed by atoms with Crippen LogP contribution in [0, 0.1) is 6.92 Å². The van der Waals surface area contributed by atoms with E-state index < -0.39 is 16.1 Å². The third-order valence-corrected chi connectivity index (χ3v) is 2.57. The average molecular weight is 243 g/mol. The Morgan fingerprint density at radius 3 is 2.69 bits per heavy atom. The first-order chi connectivity index (χ1) is 7.43. The standard InChI is InChI=1S/C10H11O5S/c1-2-4-10(11)15-8-5-3-6-9(7-8)16(12,13)14/h3,5-7H,1-2,4H2,(H,12,13,14). The highest BCUT2D eigenvalue weighted by molar-refractivity contribution is 7.85. The van der Waals surface area contributed by atoms with E-state index in [-0.39, 0.29) is 17.1 Å². The zero-order valence-corrected chi connectivity index (χ0v) is 9.24. The molecule has 0 aromatic heterocycles. The Morgan fingerprint density at radius 1 is 1.44 bits per heavy atom. The monoisotopic (exact) mass is 243 g/mol. The molecular formula is C10H11O5S. The summed E-state index contributed by atoms with van der Waals surface area (Å²) in [5, 5.41) is 0. The van der Waals surface area contributed by atoms with Gasteiger partial charge in [-0.1, -0.05) is 13.0 Å². The summed E-state index contributed by atoms with van der Waals surface area (Å²) in [6.45, 7) is 3.49. The third-order valence-electron chi connectivity index (χ3n) is 1.72. The number of esters is 1. The molecule has 1 rings (SSSR count). The minimum Gasteiger partial charge on any atom is -0.426 e. The first-order valence-electron chi connectivity index (χ1n) is 4.51. The number of carbonyl (C=O) groups excluding carboxylic acids is 1. The van der Waals surface area contributed by atoms with Crippen LogP contribution in [0.15, 0.2) is 29.2 Å². The Labute approximate surface area is 93.8 Å². The summed E-state index contributed by atoms with van der Waals surface area (Å²) in [4.78, 5) is 10.8. The minimum atomic E-state index is -4.28. The van der Waals surface area contributed by atoms with Gasteiger partial charge in [0.2, 0.25) is 0 Å². The molecule has 1 aromatic carbocycles.